The van der Waals surface area contributed by atoms with Crippen molar-refractivity contribution in [1.29, 1.82) is 0 Å². The number of anilines is 1. The van der Waals surface area contributed by atoms with Crippen molar-refractivity contribution in [1.82, 2.24) is 14.8 Å². The first kappa shape index (κ1) is 19.2. The Morgan fingerprint density at radius 1 is 1.28 bits per heavy atom. The van der Waals surface area contributed by atoms with E-state index in [1.165, 1.54) is 17.3 Å². The van der Waals surface area contributed by atoms with Gasteiger partial charge in [-0.1, -0.05) is 57.7 Å². The van der Waals surface area contributed by atoms with Gasteiger partial charge in [0.05, 0.1) is 5.75 Å². The predicted octanol–water partition coefficient (Wildman–Crippen LogP) is 4.05. The molecule has 0 aliphatic rings. The molecule has 0 atom stereocenters. The topological polar surface area (TPSA) is 59.8 Å². The number of carbonyl (C=O) groups is 1. The Balaban J connectivity index is 1.95. The van der Waals surface area contributed by atoms with Crippen molar-refractivity contribution < 1.29 is 4.79 Å². The summed E-state index contributed by atoms with van der Waals surface area (Å²) in [4.78, 5) is 12.2. The largest absolute Gasteiger partial charge is 0.325 e. The molecule has 5 nitrogen and oxygen atoms in total. The van der Waals surface area contributed by atoms with E-state index < -0.39 is 0 Å². The van der Waals surface area contributed by atoms with Crippen LogP contribution < -0.4 is 5.32 Å². The number of benzene rings is 1. The van der Waals surface area contributed by atoms with Crippen LogP contribution in [0.2, 0.25) is 0 Å². The summed E-state index contributed by atoms with van der Waals surface area (Å²) < 4.78 is 1.99. The minimum atomic E-state index is -0.0558. The molecule has 0 bridgehead atoms. The zero-order valence-corrected chi connectivity index (χ0v) is 16.2. The molecule has 0 fully saturated rings. The fraction of sp³-hybridized carbons (Fsp3) is 0.421. The summed E-state index contributed by atoms with van der Waals surface area (Å²) >= 11 is 1.39. The summed E-state index contributed by atoms with van der Waals surface area (Å²) in [6, 6.07) is 7.99. The molecule has 1 heterocycles. The third-order valence-corrected chi connectivity index (χ3v) is 4.76. The molecule has 0 spiro atoms. The summed E-state index contributed by atoms with van der Waals surface area (Å²) in [5.74, 6) is 1.14. The Morgan fingerprint density at radius 3 is 2.52 bits per heavy atom. The molecule has 0 aliphatic heterocycles. The highest BCUT2D eigenvalue weighted by Gasteiger charge is 2.14. The number of amides is 1. The number of nitrogens with one attached hydrogen (secondary N) is 1. The normalized spacial score (nSPS) is 11.4. The Kier molecular flexibility index (Phi) is 6.42. The van der Waals surface area contributed by atoms with Crippen LogP contribution in [0.4, 0.5) is 5.69 Å². The molecule has 0 radical (unpaired) electrons. The Labute approximate surface area is 153 Å². The monoisotopic (exact) mass is 358 g/mol. The van der Waals surface area contributed by atoms with Crippen LogP contribution in [0.3, 0.4) is 0 Å². The average Bonchev–Trinajstić information content (AvgIpc) is 2.95. The van der Waals surface area contributed by atoms with Gasteiger partial charge in [0.1, 0.15) is 5.82 Å². The fourth-order valence-corrected chi connectivity index (χ4v) is 3.15. The van der Waals surface area contributed by atoms with Gasteiger partial charge in [0.25, 0.3) is 0 Å². The number of thioether (sulfide) groups is 1. The molecule has 0 unspecified atom stereocenters. The third-order valence-electron chi connectivity index (χ3n) is 3.79. The first-order chi connectivity index (χ1) is 11.8. The van der Waals surface area contributed by atoms with Crippen molar-refractivity contribution in [2.75, 3.05) is 11.1 Å². The van der Waals surface area contributed by atoms with Gasteiger partial charge >= 0.3 is 0 Å². The molecule has 1 aromatic heterocycles. The highest BCUT2D eigenvalue weighted by atomic mass is 32.2. The van der Waals surface area contributed by atoms with Gasteiger partial charge < -0.3 is 9.88 Å². The quantitative estimate of drug-likeness (QED) is 0.599. The average molecular weight is 359 g/mol. The molecular formula is C19H26N4OS. The molecule has 2 aromatic rings. The van der Waals surface area contributed by atoms with Gasteiger partial charge in [0.2, 0.25) is 5.91 Å². The summed E-state index contributed by atoms with van der Waals surface area (Å²) in [6.45, 7) is 12.9. The van der Waals surface area contributed by atoms with Crippen molar-refractivity contribution in [2.24, 2.45) is 0 Å². The molecule has 134 valence electrons. The molecule has 0 aliphatic carbocycles. The first-order valence-electron chi connectivity index (χ1n) is 8.41. The van der Waals surface area contributed by atoms with E-state index in [0.29, 0.717) is 12.3 Å². The van der Waals surface area contributed by atoms with Gasteiger partial charge in [0.15, 0.2) is 5.16 Å². The summed E-state index contributed by atoms with van der Waals surface area (Å²) in [6.07, 6.45) is 2.61. The number of carbonyl (C=O) groups excluding carboxylic acids is 1. The van der Waals surface area contributed by atoms with Crippen LogP contribution in [0.5, 0.6) is 0 Å². The molecule has 0 saturated heterocycles. The SMILES string of the molecule is C=CCn1c(CC)nnc1SCC(=O)Nc1ccc(C(C)(C)C)cc1. The number of allylic oxidation sites excluding steroid dienone is 1. The highest BCUT2D eigenvalue weighted by molar-refractivity contribution is 7.99. The number of aryl methyl sites for hydroxylation is 1. The highest BCUT2D eigenvalue weighted by Crippen LogP contribution is 2.24. The van der Waals surface area contributed by atoms with Gasteiger partial charge in [-0.25, -0.2) is 0 Å². The lowest BCUT2D eigenvalue weighted by Gasteiger charge is -2.19. The van der Waals surface area contributed by atoms with Gasteiger partial charge in [-0.05, 0) is 23.1 Å². The van der Waals surface area contributed by atoms with E-state index in [9.17, 15) is 4.79 Å². The second kappa shape index (κ2) is 8.34. The lowest BCUT2D eigenvalue weighted by molar-refractivity contribution is -0.113. The zero-order valence-electron chi connectivity index (χ0n) is 15.4. The van der Waals surface area contributed by atoms with Gasteiger partial charge in [0, 0.05) is 18.7 Å². The van der Waals surface area contributed by atoms with Gasteiger partial charge in [-0.15, -0.1) is 16.8 Å². The van der Waals surface area contributed by atoms with Crippen LogP contribution in [0, 0.1) is 0 Å². The number of rotatable bonds is 7. The number of hydrogen-bond acceptors (Lipinski definition) is 4. The lowest BCUT2D eigenvalue weighted by Crippen LogP contribution is -2.15. The molecule has 2 rings (SSSR count). The van der Waals surface area contributed by atoms with Crippen molar-refractivity contribution >= 4 is 23.4 Å². The zero-order chi connectivity index (χ0) is 18.4. The van der Waals surface area contributed by atoms with E-state index in [2.05, 4.69) is 55.0 Å². The second-order valence-electron chi connectivity index (χ2n) is 6.82. The van der Waals surface area contributed by atoms with Crippen molar-refractivity contribution in [3.8, 4) is 0 Å². The summed E-state index contributed by atoms with van der Waals surface area (Å²) in [5, 5.41) is 12.0. The van der Waals surface area contributed by atoms with E-state index in [-0.39, 0.29) is 11.3 Å². The Hall–Kier alpha value is -2.08. The van der Waals surface area contributed by atoms with Gasteiger partial charge in [-0.2, -0.15) is 0 Å². The maximum absolute atomic E-state index is 12.2. The molecule has 6 heteroatoms. The molecule has 1 aromatic carbocycles. The maximum atomic E-state index is 12.2. The molecular weight excluding hydrogens is 332 g/mol. The smallest absolute Gasteiger partial charge is 0.234 e. The van der Waals surface area contributed by atoms with Crippen molar-refractivity contribution in [3.63, 3.8) is 0 Å². The standard InChI is InChI=1S/C19H26N4OS/c1-6-12-23-16(7-2)21-22-18(23)25-13-17(24)20-15-10-8-14(9-11-15)19(3,4)5/h6,8-11H,1,7,12-13H2,2-5H3,(H,20,24). The van der Waals surface area contributed by atoms with E-state index in [1.807, 2.05) is 29.7 Å². The van der Waals surface area contributed by atoms with Crippen molar-refractivity contribution in [2.45, 2.75) is 51.2 Å². The third kappa shape index (κ3) is 5.19. The first-order valence-corrected chi connectivity index (χ1v) is 9.40. The van der Waals surface area contributed by atoms with Crippen molar-refractivity contribution in [3.05, 3.63) is 48.3 Å². The van der Waals surface area contributed by atoms with E-state index in [4.69, 9.17) is 0 Å². The van der Waals surface area contributed by atoms with Crippen LogP contribution >= 0.6 is 11.8 Å². The van der Waals surface area contributed by atoms with Crippen LogP contribution in [0.1, 0.15) is 39.1 Å². The molecule has 1 N–H and O–H groups in total. The minimum Gasteiger partial charge on any atom is -0.325 e. The molecule has 0 saturated carbocycles. The van der Waals surface area contributed by atoms with Crippen LogP contribution in [0.15, 0.2) is 42.1 Å². The van der Waals surface area contributed by atoms with E-state index >= 15 is 0 Å². The van der Waals surface area contributed by atoms with Crippen LogP contribution in [0.25, 0.3) is 0 Å². The maximum Gasteiger partial charge on any atom is 0.234 e. The van der Waals surface area contributed by atoms with E-state index in [0.717, 1.165) is 23.1 Å². The lowest BCUT2D eigenvalue weighted by atomic mass is 9.87. The Morgan fingerprint density at radius 2 is 1.96 bits per heavy atom. The Bertz CT molecular complexity index is 729. The minimum absolute atomic E-state index is 0.0558. The van der Waals surface area contributed by atoms with Crippen LogP contribution in [-0.2, 0) is 23.2 Å². The summed E-state index contributed by atoms with van der Waals surface area (Å²) in [7, 11) is 0. The second-order valence-corrected chi connectivity index (χ2v) is 7.76. The summed E-state index contributed by atoms with van der Waals surface area (Å²) in [5.41, 5.74) is 2.15. The molecule has 1 amide bonds. The number of nitrogens with zero attached hydrogens (tertiary/aromatic N) is 3. The molecule has 25 heavy (non-hydrogen) atoms. The van der Waals surface area contributed by atoms with Crippen LogP contribution in [-0.4, -0.2) is 26.4 Å². The van der Waals surface area contributed by atoms with E-state index in [1.54, 1.807) is 0 Å². The number of hydrogen-bond donors (Lipinski definition) is 1. The predicted molar refractivity (Wildman–Crippen MR) is 104 cm³/mol. The number of aromatic nitrogens is 3. The van der Waals surface area contributed by atoms with Gasteiger partial charge in [-0.3, -0.25) is 4.79 Å². The fourth-order valence-electron chi connectivity index (χ4n) is 2.38.